The van der Waals surface area contributed by atoms with Gasteiger partial charge in [-0.25, -0.2) is 14.6 Å². The molecule has 2 aromatic heterocycles. The fourth-order valence-electron chi connectivity index (χ4n) is 5.94. The Morgan fingerprint density at radius 3 is 2.02 bits per heavy atom. The molecule has 4 heterocycles. The van der Waals surface area contributed by atoms with E-state index in [2.05, 4.69) is 15.0 Å². The zero-order chi connectivity index (χ0) is 38.5. The number of alkyl halides is 3. The largest absolute Gasteiger partial charge is 0.493 e. The average Bonchev–Trinajstić information content (AvgIpc) is 3.69. The van der Waals surface area contributed by atoms with Crippen LogP contribution in [-0.2, 0) is 23.8 Å². The number of aromatic nitrogens is 3. The number of piperidine rings is 2. The van der Waals surface area contributed by atoms with E-state index in [1.807, 2.05) is 6.20 Å². The number of carboxylic acids is 1. The third kappa shape index (κ3) is 12.7. The molecule has 0 unspecified atom stereocenters. The minimum absolute atomic E-state index is 0.0286. The third-order valence-corrected chi connectivity index (χ3v) is 10.3. The molecule has 288 valence electrons. The van der Waals surface area contributed by atoms with Crippen LogP contribution in [0.3, 0.4) is 0 Å². The second-order valence-corrected chi connectivity index (χ2v) is 14.1. The Balaban J connectivity index is 0.000000291. The number of thioether (sulfide) groups is 1. The number of carbonyl (C=O) groups excluding carboxylic acids is 1. The lowest BCUT2D eigenvalue weighted by atomic mass is 9.98. The van der Waals surface area contributed by atoms with Crippen LogP contribution < -0.4 is 9.47 Å². The van der Waals surface area contributed by atoms with E-state index in [1.165, 1.54) is 11.0 Å². The molecule has 2 amide bonds. The van der Waals surface area contributed by atoms with Crippen molar-refractivity contribution in [3.05, 3.63) is 102 Å². The van der Waals surface area contributed by atoms with E-state index < -0.39 is 29.9 Å². The molecule has 12 nitrogen and oxygen atoms in total. The highest BCUT2D eigenvalue weighted by molar-refractivity contribution is 7.99. The van der Waals surface area contributed by atoms with E-state index in [1.54, 1.807) is 71.4 Å². The van der Waals surface area contributed by atoms with Gasteiger partial charge in [-0.05, 0) is 85.0 Å². The first-order valence-electron chi connectivity index (χ1n) is 17.5. The van der Waals surface area contributed by atoms with Gasteiger partial charge in [0.15, 0.2) is 5.16 Å². The summed E-state index contributed by atoms with van der Waals surface area (Å²) in [7, 11) is 0. The van der Waals surface area contributed by atoms with E-state index in [4.69, 9.17) is 19.7 Å². The fourth-order valence-corrected chi connectivity index (χ4v) is 6.95. The number of hydrogen-bond donors (Lipinski definition) is 3. The molecule has 2 aromatic carbocycles. The summed E-state index contributed by atoms with van der Waals surface area (Å²) in [6.07, 6.45) is 2.52. The highest BCUT2D eigenvalue weighted by Crippen LogP contribution is 2.29. The molecular formula is C38H42F3N5O7S. The number of aromatic amines is 1. The highest BCUT2D eigenvalue weighted by Gasteiger charge is 2.30. The van der Waals surface area contributed by atoms with Crippen molar-refractivity contribution in [3.63, 3.8) is 0 Å². The number of halogens is 3. The number of carbonyl (C=O) groups is 3. The van der Waals surface area contributed by atoms with Gasteiger partial charge >= 0.3 is 24.3 Å². The molecule has 4 aromatic rings. The van der Waals surface area contributed by atoms with Crippen molar-refractivity contribution >= 4 is 29.9 Å². The molecule has 54 heavy (non-hydrogen) atoms. The lowest BCUT2D eigenvalue weighted by molar-refractivity contribution is -0.138. The van der Waals surface area contributed by atoms with Gasteiger partial charge in [0.1, 0.15) is 11.5 Å². The number of pyridine rings is 1. The maximum absolute atomic E-state index is 12.7. The maximum Gasteiger partial charge on any atom is 0.417 e. The number of amides is 2. The summed E-state index contributed by atoms with van der Waals surface area (Å²) in [5.41, 5.74) is 1.26. The third-order valence-electron chi connectivity index (χ3n) is 9.12. The first-order valence-corrected chi connectivity index (χ1v) is 18.5. The number of aliphatic carboxylic acids is 1. The van der Waals surface area contributed by atoms with Crippen molar-refractivity contribution in [2.45, 2.75) is 49.9 Å². The molecule has 0 aliphatic carbocycles. The fraction of sp³-hybridized carbons (Fsp3) is 0.395. The van der Waals surface area contributed by atoms with E-state index in [9.17, 15) is 27.6 Å². The first-order chi connectivity index (χ1) is 25.9. The zero-order valence-electron chi connectivity index (χ0n) is 29.4. The van der Waals surface area contributed by atoms with Crippen LogP contribution in [0, 0.1) is 11.8 Å². The van der Waals surface area contributed by atoms with Crippen molar-refractivity contribution in [1.82, 2.24) is 24.8 Å². The molecule has 0 saturated carbocycles. The van der Waals surface area contributed by atoms with Crippen molar-refractivity contribution in [2.24, 2.45) is 11.8 Å². The number of imidazole rings is 1. The second-order valence-electron chi connectivity index (χ2n) is 13.1. The molecule has 2 saturated heterocycles. The number of nitrogens with zero attached hydrogens (tertiary/aromatic N) is 4. The molecule has 2 aliphatic heterocycles. The predicted octanol–water partition coefficient (Wildman–Crippen LogP) is 7.50. The van der Waals surface area contributed by atoms with Crippen LogP contribution in [0.5, 0.6) is 11.5 Å². The molecule has 3 N–H and O–H groups in total. The molecule has 16 heteroatoms. The number of hydrogen-bond acceptors (Lipinski definition) is 8. The summed E-state index contributed by atoms with van der Waals surface area (Å²) in [6.45, 7) is 2.93. The van der Waals surface area contributed by atoms with E-state index in [0.717, 1.165) is 54.4 Å². The summed E-state index contributed by atoms with van der Waals surface area (Å²) in [5.74, 6) is 2.09. The molecular weight excluding hydrogens is 728 g/mol. The second kappa shape index (κ2) is 19.2. The number of ether oxygens (including phenoxy) is 2. The van der Waals surface area contributed by atoms with Crippen LogP contribution in [0.15, 0.2) is 84.4 Å². The van der Waals surface area contributed by atoms with Crippen LogP contribution in [0.4, 0.5) is 22.8 Å². The van der Waals surface area contributed by atoms with Crippen molar-refractivity contribution in [3.8, 4) is 11.5 Å². The molecule has 0 radical (unpaired) electrons. The molecule has 2 aliphatic rings. The van der Waals surface area contributed by atoms with Crippen molar-refractivity contribution in [2.75, 3.05) is 38.5 Å². The molecule has 6 rings (SSSR count). The molecule has 0 atom stereocenters. The summed E-state index contributed by atoms with van der Waals surface area (Å²) in [4.78, 5) is 48.3. The molecule has 2 fully saturated rings. The molecule has 0 spiro atoms. The number of nitrogens with one attached hydrogen (secondary N) is 1. The number of likely N-dealkylation sites (tertiary alicyclic amines) is 2. The minimum atomic E-state index is -4.42. The van der Waals surface area contributed by atoms with Crippen LogP contribution in [0.25, 0.3) is 0 Å². The minimum Gasteiger partial charge on any atom is -0.493 e. The summed E-state index contributed by atoms with van der Waals surface area (Å²) >= 11 is 1.71. The van der Waals surface area contributed by atoms with Gasteiger partial charge in [0.25, 0.3) is 0 Å². The quantitative estimate of drug-likeness (QED) is 0.131. The smallest absolute Gasteiger partial charge is 0.417 e. The van der Waals surface area contributed by atoms with Gasteiger partial charge in [-0.3, -0.25) is 9.78 Å². The van der Waals surface area contributed by atoms with Gasteiger partial charge in [-0.1, -0.05) is 36.0 Å². The Bertz CT molecular complexity index is 1780. The Labute approximate surface area is 314 Å². The van der Waals surface area contributed by atoms with Crippen LogP contribution >= 0.6 is 11.8 Å². The van der Waals surface area contributed by atoms with Crippen LogP contribution in [0.2, 0.25) is 0 Å². The Kier molecular flexibility index (Phi) is 14.2. The Hall–Kier alpha value is -5.25. The van der Waals surface area contributed by atoms with Gasteiger partial charge in [0, 0.05) is 62.6 Å². The summed E-state index contributed by atoms with van der Waals surface area (Å²) in [5, 5.41) is 18.6. The summed E-state index contributed by atoms with van der Waals surface area (Å²) < 4.78 is 49.4. The predicted molar refractivity (Wildman–Crippen MR) is 194 cm³/mol. The monoisotopic (exact) mass is 769 g/mol. The van der Waals surface area contributed by atoms with Gasteiger partial charge in [-0.2, -0.15) is 13.2 Å². The number of rotatable bonds is 11. The Morgan fingerprint density at radius 2 is 1.44 bits per heavy atom. The van der Waals surface area contributed by atoms with Crippen molar-refractivity contribution in [1.29, 1.82) is 0 Å². The van der Waals surface area contributed by atoms with Gasteiger partial charge in [-0.15, -0.1) is 0 Å². The maximum atomic E-state index is 12.7. The zero-order valence-corrected chi connectivity index (χ0v) is 30.2. The van der Waals surface area contributed by atoms with E-state index in [-0.39, 0.29) is 12.3 Å². The SMILES string of the molecule is O=C(O)Cc1ccc(OCC2CCN(C(=O)Oc3ccc(Cc4ccc(C(F)(F)F)cn4)cc3)CC2)cc1.O=C(O)N1CCC(CSc2ncc[nH]2)CC1. The normalized spacial score (nSPS) is 15.2. The van der Waals surface area contributed by atoms with Crippen LogP contribution in [0.1, 0.15) is 48.1 Å². The standard InChI is InChI=1S/C28H27F3N2O5.C10H15N3O2S/c29-28(30,31)22-5-6-23(32-17-22)15-19-3-9-25(10-4-19)38-27(36)33-13-11-21(12-14-33)18-37-24-7-1-20(2-8-24)16-26(34)35;14-10(15)13-5-1-8(2-6-13)7-16-9-11-3-4-12-9/h1-10,17,21H,11-16,18H2,(H,34,35);3-4,8H,1-2,5-7H2,(H,11,12)(H,14,15). The van der Waals surface area contributed by atoms with Gasteiger partial charge in [0.2, 0.25) is 0 Å². The number of benzene rings is 2. The average molecular weight is 770 g/mol. The van der Waals surface area contributed by atoms with E-state index in [0.29, 0.717) is 67.9 Å². The van der Waals surface area contributed by atoms with Crippen molar-refractivity contribution < 1.29 is 47.2 Å². The Morgan fingerprint density at radius 1 is 0.815 bits per heavy atom. The topological polar surface area (TPSA) is 158 Å². The lowest BCUT2D eigenvalue weighted by Crippen LogP contribution is -2.41. The molecule has 0 bridgehead atoms. The number of carboxylic acid groups (broad SMARTS) is 2. The summed E-state index contributed by atoms with van der Waals surface area (Å²) in [6, 6.07) is 16.2. The van der Waals surface area contributed by atoms with Gasteiger partial charge in [0.05, 0.1) is 18.6 Å². The lowest BCUT2D eigenvalue weighted by Gasteiger charge is -2.31. The van der Waals surface area contributed by atoms with E-state index >= 15 is 0 Å². The first kappa shape index (κ1) is 39.9. The van der Waals surface area contributed by atoms with Crippen LogP contribution in [-0.4, -0.2) is 91.7 Å². The highest BCUT2D eigenvalue weighted by atomic mass is 32.2. The van der Waals surface area contributed by atoms with Gasteiger partial charge < -0.3 is 34.5 Å². The number of H-pyrrole nitrogens is 1.